The molecule has 0 heterocycles. The van der Waals surface area contributed by atoms with Gasteiger partial charge < -0.3 is 20.1 Å². The fourth-order valence-corrected chi connectivity index (χ4v) is 2.58. The monoisotopic (exact) mass is 370 g/mol. The van der Waals surface area contributed by atoms with E-state index in [1.54, 1.807) is 49.6 Å². The number of benzene rings is 2. The number of anilines is 1. The molecule has 0 saturated heterocycles. The predicted molar refractivity (Wildman–Crippen MR) is 106 cm³/mol. The number of unbranched alkanes of at least 4 members (excludes halogenated alkanes) is 2. The highest BCUT2D eigenvalue weighted by atomic mass is 16.5. The number of carbonyl (C=O) groups is 2. The molecule has 0 atom stereocenters. The molecule has 2 amide bonds. The molecule has 0 unspecified atom stereocenters. The van der Waals surface area contributed by atoms with E-state index in [-0.39, 0.29) is 11.8 Å². The fraction of sp³-hybridized carbons (Fsp3) is 0.333. The van der Waals surface area contributed by atoms with Gasteiger partial charge in [-0.25, -0.2) is 0 Å². The molecular formula is C21H26N2O4. The maximum absolute atomic E-state index is 12.6. The largest absolute Gasteiger partial charge is 0.497 e. The quantitative estimate of drug-likeness (QED) is 0.657. The Hall–Kier alpha value is -3.02. The van der Waals surface area contributed by atoms with E-state index in [9.17, 15) is 9.59 Å². The molecule has 27 heavy (non-hydrogen) atoms. The second kappa shape index (κ2) is 10.2. The summed E-state index contributed by atoms with van der Waals surface area (Å²) in [7, 11) is 3.08. The average molecular weight is 370 g/mol. The molecule has 144 valence electrons. The fourth-order valence-electron chi connectivity index (χ4n) is 2.58. The molecule has 0 aliphatic heterocycles. The zero-order chi connectivity index (χ0) is 19.6. The Morgan fingerprint density at radius 3 is 2.33 bits per heavy atom. The zero-order valence-electron chi connectivity index (χ0n) is 16.0. The summed E-state index contributed by atoms with van der Waals surface area (Å²) in [5.74, 6) is 0.626. The van der Waals surface area contributed by atoms with Crippen molar-refractivity contribution in [3.8, 4) is 11.5 Å². The number of carbonyl (C=O) groups excluding carboxylic acids is 2. The lowest BCUT2D eigenvalue weighted by Crippen LogP contribution is -2.24. The van der Waals surface area contributed by atoms with Gasteiger partial charge in [0.2, 0.25) is 0 Å². The third kappa shape index (κ3) is 5.74. The number of ether oxygens (including phenoxy) is 2. The molecule has 2 rings (SSSR count). The van der Waals surface area contributed by atoms with Gasteiger partial charge in [-0.15, -0.1) is 0 Å². The molecule has 0 aromatic heterocycles. The van der Waals surface area contributed by atoms with Crippen molar-refractivity contribution in [2.75, 3.05) is 26.1 Å². The Morgan fingerprint density at radius 2 is 1.67 bits per heavy atom. The molecule has 0 bridgehead atoms. The topological polar surface area (TPSA) is 76.7 Å². The van der Waals surface area contributed by atoms with Gasteiger partial charge in [0.1, 0.15) is 11.5 Å². The van der Waals surface area contributed by atoms with Crippen molar-refractivity contribution in [1.29, 1.82) is 0 Å². The number of rotatable bonds is 9. The normalized spacial score (nSPS) is 10.2. The van der Waals surface area contributed by atoms with Crippen molar-refractivity contribution < 1.29 is 19.1 Å². The van der Waals surface area contributed by atoms with E-state index in [4.69, 9.17) is 9.47 Å². The molecule has 2 aromatic carbocycles. The molecule has 0 radical (unpaired) electrons. The van der Waals surface area contributed by atoms with Gasteiger partial charge in [-0.1, -0.05) is 25.8 Å². The van der Waals surface area contributed by atoms with Gasteiger partial charge in [0, 0.05) is 23.7 Å². The highest BCUT2D eigenvalue weighted by molar-refractivity contribution is 6.06. The number of methoxy groups -OCH3 is 2. The highest BCUT2D eigenvalue weighted by Gasteiger charge is 2.13. The average Bonchev–Trinajstić information content (AvgIpc) is 2.71. The van der Waals surface area contributed by atoms with Gasteiger partial charge in [-0.2, -0.15) is 0 Å². The zero-order valence-corrected chi connectivity index (χ0v) is 16.0. The summed E-state index contributed by atoms with van der Waals surface area (Å²) in [5, 5.41) is 5.68. The van der Waals surface area contributed by atoms with Crippen molar-refractivity contribution in [2.45, 2.75) is 26.2 Å². The van der Waals surface area contributed by atoms with E-state index in [0.717, 1.165) is 19.3 Å². The molecule has 2 aromatic rings. The van der Waals surface area contributed by atoms with Crippen LogP contribution in [0, 0.1) is 0 Å². The lowest BCUT2D eigenvalue weighted by Gasteiger charge is -2.12. The Bertz CT molecular complexity index is 790. The summed E-state index contributed by atoms with van der Waals surface area (Å²) in [6.45, 7) is 2.74. The smallest absolute Gasteiger partial charge is 0.255 e. The summed E-state index contributed by atoms with van der Waals surface area (Å²) in [6.07, 6.45) is 3.12. The van der Waals surface area contributed by atoms with Crippen LogP contribution in [0.3, 0.4) is 0 Å². The minimum Gasteiger partial charge on any atom is -0.497 e. The van der Waals surface area contributed by atoms with Gasteiger partial charge >= 0.3 is 0 Å². The maximum Gasteiger partial charge on any atom is 0.255 e. The van der Waals surface area contributed by atoms with E-state index in [1.165, 1.54) is 7.11 Å². The first-order chi connectivity index (χ1) is 13.1. The first kappa shape index (κ1) is 20.3. The number of hydrogen-bond acceptors (Lipinski definition) is 4. The molecular weight excluding hydrogens is 344 g/mol. The molecule has 0 spiro atoms. The van der Waals surface area contributed by atoms with Crippen LogP contribution in [0.15, 0.2) is 42.5 Å². The Kier molecular flexibility index (Phi) is 7.67. The van der Waals surface area contributed by atoms with Crippen molar-refractivity contribution in [2.24, 2.45) is 0 Å². The minimum absolute atomic E-state index is 0.178. The van der Waals surface area contributed by atoms with E-state index in [1.807, 2.05) is 0 Å². The molecule has 2 N–H and O–H groups in total. The van der Waals surface area contributed by atoms with Crippen LogP contribution in [0.5, 0.6) is 11.5 Å². The summed E-state index contributed by atoms with van der Waals surface area (Å²) >= 11 is 0. The minimum atomic E-state index is -0.320. The van der Waals surface area contributed by atoms with Crippen LogP contribution in [0.4, 0.5) is 5.69 Å². The van der Waals surface area contributed by atoms with Crippen molar-refractivity contribution in [3.05, 3.63) is 53.6 Å². The first-order valence-corrected chi connectivity index (χ1v) is 9.00. The molecule has 0 saturated carbocycles. The van der Waals surface area contributed by atoms with E-state index >= 15 is 0 Å². The van der Waals surface area contributed by atoms with Gasteiger partial charge in [0.15, 0.2) is 0 Å². The van der Waals surface area contributed by atoms with E-state index in [0.29, 0.717) is 34.9 Å². The number of nitrogens with one attached hydrogen (secondary N) is 2. The summed E-state index contributed by atoms with van der Waals surface area (Å²) in [5.41, 5.74) is 1.38. The van der Waals surface area contributed by atoms with E-state index < -0.39 is 0 Å². The third-order valence-electron chi connectivity index (χ3n) is 4.11. The van der Waals surface area contributed by atoms with Crippen LogP contribution in [-0.4, -0.2) is 32.6 Å². The van der Waals surface area contributed by atoms with Gasteiger partial charge in [-0.3, -0.25) is 9.59 Å². The number of hydrogen-bond donors (Lipinski definition) is 2. The first-order valence-electron chi connectivity index (χ1n) is 9.00. The van der Waals surface area contributed by atoms with E-state index in [2.05, 4.69) is 17.6 Å². The van der Waals surface area contributed by atoms with Crippen LogP contribution in [-0.2, 0) is 0 Å². The SMILES string of the molecule is CCCCCNC(=O)c1cccc(C(=O)Nc2ccc(OC)cc2OC)c1. The molecule has 6 heteroatoms. The summed E-state index contributed by atoms with van der Waals surface area (Å²) < 4.78 is 10.4. The molecule has 0 aliphatic carbocycles. The van der Waals surface area contributed by atoms with Crippen molar-refractivity contribution in [3.63, 3.8) is 0 Å². The van der Waals surface area contributed by atoms with Crippen LogP contribution in [0.25, 0.3) is 0 Å². The lowest BCUT2D eigenvalue weighted by atomic mass is 10.1. The lowest BCUT2D eigenvalue weighted by molar-refractivity contribution is 0.0953. The van der Waals surface area contributed by atoms with Crippen molar-refractivity contribution >= 4 is 17.5 Å². The highest BCUT2D eigenvalue weighted by Crippen LogP contribution is 2.29. The van der Waals surface area contributed by atoms with Gasteiger partial charge in [0.25, 0.3) is 11.8 Å². The standard InChI is InChI=1S/C21H26N2O4/c1-4-5-6-12-22-20(24)15-8-7-9-16(13-15)21(25)23-18-11-10-17(26-2)14-19(18)27-3/h7-11,13-14H,4-6,12H2,1-3H3,(H,22,24)(H,23,25). The Labute approximate surface area is 159 Å². The second-order valence-electron chi connectivity index (χ2n) is 6.06. The third-order valence-corrected chi connectivity index (χ3v) is 4.11. The maximum atomic E-state index is 12.6. The predicted octanol–water partition coefficient (Wildman–Crippen LogP) is 3.88. The Balaban J connectivity index is 2.08. The number of amides is 2. The van der Waals surface area contributed by atoms with Crippen LogP contribution < -0.4 is 20.1 Å². The molecule has 0 aliphatic rings. The summed E-state index contributed by atoms with van der Waals surface area (Å²) in [4.78, 5) is 24.8. The van der Waals surface area contributed by atoms with Crippen LogP contribution in [0.2, 0.25) is 0 Å². The van der Waals surface area contributed by atoms with Gasteiger partial charge in [0.05, 0.1) is 19.9 Å². The second-order valence-corrected chi connectivity index (χ2v) is 6.06. The van der Waals surface area contributed by atoms with Gasteiger partial charge in [-0.05, 0) is 36.8 Å². The molecule has 6 nitrogen and oxygen atoms in total. The molecule has 0 fully saturated rings. The summed E-state index contributed by atoms with van der Waals surface area (Å²) in [6, 6.07) is 11.8. The Morgan fingerprint density at radius 1 is 0.926 bits per heavy atom. The van der Waals surface area contributed by atoms with Crippen molar-refractivity contribution in [1.82, 2.24) is 5.32 Å². The van der Waals surface area contributed by atoms with Crippen LogP contribution in [0.1, 0.15) is 46.9 Å². The van der Waals surface area contributed by atoms with Crippen LogP contribution >= 0.6 is 0 Å².